The molecule has 6 heteroatoms. The zero-order valence-corrected chi connectivity index (χ0v) is 14.3. The van der Waals surface area contributed by atoms with Crippen molar-refractivity contribution in [2.45, 2.75) is 69.8 Å². The van der Waals surface area contributed by atoms with Crippen LogP contribution < -0.4 is 4.72 Å². The van der Waals surface area contributed by atoms with Crippen molar-refractivity contribution in [2.75, 3.05) is 0 Å². The minimum Gasteiger partial charge on any atom is -0.457 e. The zero-order chi connectivity index (χ0) is 16.3. The third-order valence-electron chi connectivity index (χ3n) is 4.99. The Kier molecular flexibility index (Phi) is 5.66. The first-order chi connectivity index (χ1) is 10.3. The van der Waals surface area contributed by atoms with Crippen LogP contribution in [0.4, 0.5) is 0 Å². The summed E-state index contributed by atoms with van der Waals surface area (Å²) in [6.07, 6.45) is 6.98. The smallest absolute Gasteiger partial charge is 0.330 e. The molecule has 0 aliphatic heterocycles. The van der Waals surface area contributed by atoms with Crippen LogP contribution in [0.1, 0.15) is 52.4 Å². The van der Waals surface area contributed by atoms with Gasteiger partial charge >= 0.3 is 5.97 Å². The Hall–Kier alpha value is -0.880. The lowest BCUT2D eigenvalue weighted by molar-refractivity contribution is -0.152. The van der Waals surface area contributed by atoms with E-state index in [4.69, 9.17) is 4.74 Å². The van der Waals surface area contributed by atoms with Crippen LogP contribution >= 0.6 is 0 Å². The van der Waals surface area contributed by atoms with Crippen molar-refractivity contribution in [3.05, 3.63) is 12.7 Å². The monoisotopic (exact) mass is 329 g/mol. The molecule has 0 bridgehead atoms. The van der Waals surface area contributed by atoms with Gasteiger partial charge in [-0.05, 0) is 39.0 Å². The molecule has 126 valence electrons. The number of nitrogens with one attached hydrogen (secondary N) is 1. The zero-order valence-electron chi connectivity index (χ0n) is 13.5. The Morgan fingerprint density at radius 3 is 2.55 bits per heavy atom. The topological polar surface area (TPSA) is 72.5 Å². The molecule has 2 aliphatic rings. The molecule has 0 saturated heterocycles. The fourth-order valence-corrected chi connectivity index (χ4v) is 4.65. The van der Waals surface area contributed by atoms with Gasteiger partial charge in [0.15, 0.2) is 0 Å². The van der Waals surface area contributed by atoms with Crippen LogP contribution in [0.5, 0.6) is 0 Å². The minimum absolute atomic E-state index is 0.256. The van der Waals surface area contributed by atoms with Crippen LogP contribution in [-0.2, 0) is 19.6 Å². The van der Waals surface area contributed by atoms with Crippen molar-refractivity contribution in [3.63, 3.8) is 0 Å². The Morgan fingerprint density at radius 2 is 1.91 bits per heavy atom. The van der Waals surface area contributed by atoms with Crippen LogP contribution in [0.2, 0.25) is 0 Å². The van der Waals surface area contributed by atoms with Crippen molar-refractivity contribution < 1.29 is 17.9 Å². The molecular weight excluding hydrogens is 302 g/mol. The average molecular weight is 329 g/mol. The van der Waals surface area contributed by atoms with Gasteiger partial charge in [0.25, 0.3) is 0 Å². The maximum Gasteiger partial charge on any atom is 0.330 e. The van der Waals surface area contributed by atoms with E-state index in [2.05, 4.69) is 11.3 Å². The number of carbonyl (C=O) groups excluding carboxylic acids is 1. The summed E-state index contributed by atoms with van der Waals surface area (Å²) in [6.45, 7) is 6.75. The first kappa shape index (κ1) is 17.5. The van der Waals surface area contributed by atoms with E-state index in [-0.39, 0.29) is 18.1 Å². The van der Waals surface area contributed by atoms with E-state index in [1.165, 1.54) is 6.42 Å². The number of ether oxygens (including phenoxy) is 1. The number of rotatable bonds is 5. The molecule has 2 aliphatic carbocycles. The SMILES string of the molecule is C=CC(=O)OC1C(NS(=O)(=O)C(C)C)CCC2CCCCC21. The number of hydrogen-bond donors (Lipinski definition) is 1. The third-order valence-corrected chi connectivity index (χ3v) is 6.86. The maximum atomic E-state index is 12.2. The number of hydrogen-bond acceptors (Lipinski definition) is 4. The summed E-state index contributed by atoms with van der Waals surface area (Å²) in [4.78, 5) is 11.7. The lowest BCUT2D eigenvalue weighted by atomic mass is 9.68. The Balaban J connectivity index is 2.18. The highest BCUT2D eigenvalue weighted by molar-refractivity contribution is 7.90. The third kappa shape index (κ3) is 3.90. The average Bonchev–Trinajstić information content (AvgIpc) is 2.49. The van der Waals surface area contributed by atoms with E-state index in [9.17, 15) is 13.2 Å². The lowest BCUT2D eigenvalue weighted by Crippen LogP contribution is -2.54. The second-order valence-corrected chi connectivity index (χ2v) is 8.98. The Labute approximate surface area is 133 Å². The van der Waals surface area contributed by atoms with E-state index in [1.54, 1.807) is 13.8 Å². The Bertz CT molecular complexity index is 514. The largest absolute Gasteiger partial charge is 0.457 e. The fourth-order valence-electron chi connectivity index (χ4n) is 3.71. The first-order valence-electron chi connectivity index (χ1n) is 8.19. The van der Waals surface area contributed by atoms with Crippen LogP contribution in [0, 0.1) is 11.8 Å². The van der Waals surface area contributed by atoms with E-state index >= 15 is 0 Å². The normalized spacial score (nSPS) is 32.3. The summed E-state index contributed by atoms with van der Waals surface area (Å²) >= 11 is 0. The van der Waals surface area contributed by atoms with Crippen molar-refractivity contribution >= 4 is 16.0 Å². The van der Waals surface area contributed by atoms with Crippen LogP contribution in [0.25, 0.3) is 0 Å². The molecule has 0 aromatic rings. The molecule has 4 unspecified atom stereocenters. The van der Waals surface area contributed by atoms with Gasteiger partial charge in [0.2, 0.25) is 10.0 Å². The van der Waals surface area contributed by atoms with Crippen molar-refractivity contribution in [2.24, 2.45) is 11.8 Å². The van der Waals surface area contributed by atoms with E-state index in [0.717, 1.165) is 38.2 Å². The number of sulfonamides is 1. The Morgan fingerprint density at radius 1 is 1.23 bits per heavy atom. The van der Waals surface area contributed by atoms with Gasteiger partial charge in [-0.15, -0.1) is 0 Å². The maximum absolute atomic E-state index is 12.2. The summed E-state index contributed by atoms with van der Waals surface area (Å²) in [5.41, 5.74) is 0. The molecule has 2 fully saturated rings. The van der Waals surface area contributed by atoms with E-state index in [1.807, 2.05) is 0 Å². The number of carbonyl (C=O) groups is 1. The molecule has 0 aromatic carbocycles. The predicted molar refractivity (Wildman–Crippen MR) is 85.7 cm³/mol. The van der Waals surface area contributed by atoms with Crippen molar-refractivity contribution in [1.82, 2.24) is 4.72 Å². The summed E-state index contributed by atoms with van der Waals surface area (Å²) < 4.78 is 32.7. The van der Waals surface area contributed by atoms with Gasteiger partial charge in [0.05, 0.1) is 11.3 Å². The van der Waals surface area contributed by atoms with Crippen molar-refractivity contribution in [3.8, 4) is 0 Å². The van der Waals surface area contributed by atoms with Crippen LogP contribution in [0.15, 0.2) is 12.7 Å². The highest BCUT2D eigenvalue weighted by atomic mass is 32.2. The van der Waals surface area contributed by atoms with E-state index in [0.29, 0.717) is 5.92 Å². The molecule has 0 radical (unpaired) electrons. The summed E-state index contributed by atoms with van der Waals surface area (Å²) in [5, 5.41) is -0.493. The molecule has 2 rings (SSSR count). The molecule has 5 nitrogen and oxygen atoms in total. The van der Waals surface area contributed by atoms with Gasteiger partial charge < -0.3 is 4.74 Å². The second kappa shape index (κ2) is 7.13. The van der Waals surface area contributed by atoms with Gasteiger partial charge in [-0.3, -0.25) is 0 Å². The molecule has 0 spiro atoms. The van der Waals surface area contributed by atoms with Gasteiger partial charge in [0.1, 0.15) is 6.10 Å². The van der Waals surface area contributed by atoms with Gasteiger partial charge in [0, 0.05) is 12.0 Å². The lowest BCUT2D eigenvalue weighted by Gasteiger charge is -2.44. The van der Waals surface area contributed by atoms with Crippen molar-refractivity contribution in [1.29, 1.82) is 0 Å². The summed E-state index contributed by atoms with van der Waals surface area (Å²) in [7, 11) is -3.38. The highest BCUT2D eigenvalue weighted by Crippen LogP contribution is 2.42. The molecule has 0 amide bonds. The van der Waals surface area contributed by atoms with Crippen LogP contribution in [-0.4, -0.2) is 31.8 Å². The predicted octanol–water partition coefficient (Wildman–Crippen LogP) is 2.38. The fraction of sp³-hybridized carbons (Fsp3) is 0.812. The molecule has 1 N–H and O–H groups in total. The summed E-state index contributed by atoms with van der Waals surface area (Å²) in [5.74, 6) is 0.326. The van der Waals surface area contributed by atoms with Crippen LogP contribution in [0.3, 0.4) is 0 Å². The highest BCUT2D eigenvalue weighted by Gasteiger charge is 2.44. The minimum atomic E-state index is -3.38. The molecule has 4 atom stereocenters. The molecular formula is C16H27NO4S. The first-order valence-corrected chi connectivity index (χ1v) is 9.74. The second-order valence-electron chi connectivity index (χ2n) is 6.71. The van der Waals surface area contributed by atoms with E-state index < -0.39 is 21.2 Å². The van der Waals surface area contributed by atoms with Gasteiger partial charge in [-0.25, -0.2) is 17.9 Å². The molecule has 2 saturated carbocycles. The standard InChI is InChI=1S/C16H27NO4S/c1-4-15(18)21-16-13-8-6-5-7-12(13)9-10-14(16)17-22(19,20)11(2)3/h4,11-14,16-17H,1,5-10H2,2-3H3. The molecule has 0 heterocycles. The quantitative estimate of drug-likeness (QED) is 0.621. The number of esters is 1. The van der Waals surface area contributed by atoms with Gasteiger partial charge in [-0.1, -0.05) is 25.8 Å². The summed E-state index contributed by atoms with van der Waals surface area (Å²) in [6, 6.07) is -0.323. The van der Waals surface area contributed by atoms with Gasteiger partial charge in [-0.2, -0.15) is 0 Å². The molecule has 22 heavy (non-hydrogen) atoms. The number of fused-ring (bicyclic) bond motifs is 1. The molecule has 0 aromatic heterocycles.